The van der Waals surface area contributed by atoms with Crippen molar-refractivity contribution in [2.24, 2.45) is 0 Å². The number of nitrogens with zero attached hydrogens (tertiary/aromatic N) is 4. The average Bonchev–Trinajstić information content (AvgIpc) is 3.51. The second kappa shape index (κ2) is 8.89. The lowest BCUT2D eigenvalue weighted by Crippen LogP contribution is -2.05. The van der Waals surface area contributed by atoms with Gasteiger partial charge in [-0.1, -0.05) is 25.5 Å². The molecule has 34 heavy (non-hydrogen) atoms. The highest BCUT2D eigenvalue weighted by Gasteiger charge is 2.21. The highest BCUT2D eigenvalue weighted by Crippen LogP contribution is 2.40. The van der Waals surface area contributed by atoms with Crippen LogP contribution in [0, 0.1) is 27.7 Å². The summed E-state index contributed by atoms with van der Waals surface area (Å²) < 4.78 is 6.84. The molecule has 7 heteroatoms. The maximum atomic E-state index is 6.84. The molecule has 0 aliphatic heterocycles. The van der Waals surface area contributed by atoms with E-state index in [0.717, 1.165) is 64.0 Å². The Kier molecular flexibility index (Phi) is 5.77. The molecule has 0 radical (unpaired) electrons. The third kappa shape index (κ3) is 3.81. The molecule has 0 aliphatic rings. The predicted octanol–water partition coefficient (Wildman–Crippen LogP) is 6.19. The Morgan fingerprint density at radius 2 is 1.44 bits per heavy atom. The smallest absolute Gasteiger partial charge is 0.160 e. The summed E-state index contributed by atoms with van der Waals surface area (Å²) in [6.07, 6.45) is 3.94. The number of unbranched alkanes of at least 4 members (excludes halogenated alkanes) is 1. The minimum Gasteiger partial charge on any atom is -0.454 e. The van der Waals surface area contributed by atoms with Gasteiger partial charge < -0.3 is 4.74 Å². The van der Waals surface area contributed by atoms with Crippen molar-refractivity contribution in [2.45, 2.75) is 60.3 Å². The molecule has 0 bridgehead atoms. The van der Waals surface area contributed by atoms with Crippen LogP contribution < -0.4 is 4.74 Å². The number of hydrogen-bond acceptors (Lipinski definition) is 5. The topological polar surface area (TPSA) is 92.4 Å². The Morgan fingerprint density at radius 3 is 2.26 bits per heavy atom. The first-order chi connectivity index (χ1) is 16.5. The van der Waals surface area contributed by atoms with Crippen LogP contribution >= 0.6 is 0 Å². The fourth-order valence-electron chi connectivity index (χ4n) is 4.65. The van der Waals surface area contributed by atoms with Gasteiger partial charge in [0, 0.05) is 12.0 Å². The number of benzene rings is 3. The number of hydrogen-bond donors (Lipinski definition) is 2. The molecule has 7 nitrogen and oxygen atoms in total. The lowest BCUT2D eigenvalue weighted by molar-refractivity contribution is 0.469. The van der Waals surface area contributed by atoms with Gasteiger partial charge in [-0.15, -0.1) is 0 Å². The fourth-order valence-corrected chi connectivity index (χ4v) is 4.65. The summed E-state index contributed by atoms with van der Waals surface area (Å²) in [7, 11) is 0. The minimum absolute atomic E-state index is 0.689. The Morgan fingerprint density at radius 1 is 0.735 bits per heavy atom. The van der Waals surface area contributed by atoms with Crippen LogP contribution in [0.2, 0.25) is 0 Å². The monoisotopic (exact) mass is 454 g/mol. The summed E-state index contributed by atoms with van der Waals surface area (Å²) in [5.41, 5.74) is 11.8. The standard InChI is InChI=1S/C27H30N6O/c1-6-7-8-21-17(4)15(2)16(3)18(5)26(21)34-27-20(10-12-23-25(27)31-33-29-23)13-19-9-11-22-24(14-19)30-32-28-22/h9-12,14H,6-8,13H2,1-5H3,(H,28,30,32)(H,29,31,33). The van der Waals surface area contributed by atoms with E-state index < -0.39 is 0 Å². The molecule has 0 spiro atoms. The van der Waals surface area contributed by atoms with Gasteiger partial charge in [0.05, 0.1) is 0 Å². The fraction of sp³-hybridized carbons (Fsp3) is 0.333. The van der Waals surface area contributed by atoms with Crippen molar-refractivity contribution in [1.29, 1.82) is 0 Å². The molecular weight excluding hydrogens is 424 g/mol. The normalized spacial score (nSPS) is 11.6. The molecule has 0 atom stereocenters. The number of H-pyrrole nitrogens is 2. The van der Waals surface area contributed by atoms with Crippen molar-refractivity contribution in [3.8, 4) is 11.5 Å². The maximum absolute atomic E-state index is 6.84. The van der Waals surface area contributed by atoms with Gasteiger partial charge >= 0.3 is 0 Å². The molecular formula is C27H30N6O. The molecule has 0 aliphatic carbocycles. The van der Waals surface area contributed by atoms with E-state index >= 15 is 0 Å². The van der Waals surface area contributed by atoms with Crippen molar-refractivity contribution in [2.75, 3.05) is 0 Å². The number of rotatable bonds is 7. The highest BCUT2D eigenvalue weighted by atomic mass is 16.5. The zero-order chi connectivity index (χ0) is 23.8. The zero-order valence-electron chi connectivity index (χ0n) is 20.4. The van der Waals surface area contributed by atoms with Crippen molar-refractivity contribution in [1.82, 2.24) is 30.8 Å². The van der Waals surface area contributed by atoms with Crippen LogP contribution in [0.25, 0.3) is 22.1 Å². The number of ether oxygens (including phenoxy) is 1. The summed E-state index contributed by atoms with van der Waals surface area (Å²) in [5.74, 6) is 1.72. The van der Waals surface area contributed by atoms with Crippen LogP contribution in [-0.2, 0) is 12.8 Å². The van der Waals surface area contributed by atoms with E-state index in [9.17, 15) is 0 Å². The van der Waals surface area contributed by atoms with Gasteiger partial charge in [0.15, 0.2) is 11.3 Å². The van der Waals surface area contributed by atoms with E-state index in [4.69, 9.17) is 4.74 Å². The van der Waals surface area contributed by atoms with E-state index in [-0.39, 0.29) is 0 Å². The molecule has 5 aromatic rings. The highest BCUT2D eigenvalue weighted by molar-refractivity contribution is 5.83. The lowest BCUT2D eigenvalue weighted by atomic mass is 9.90. The Labute approximate surface area is 198 Å². The van der Waals surface area contributed by atoms with Gasteiger partial charge in [0.25, 0.3) is 0 Å². The second-order valence-corrected chi connectivity index (χ2v) is 9.08. The van der Waals surface area contributed by atoms with Gasteiger partial charge in [-0.3, -0.25) is 0 Å². The lowest BCUT2D eigenvalue weighted by Gasteiger charge is -2.22. The molecule has 2 N–H and O–H groups in total. The minimum atomic E-state index is 0.689. The quantitative estimate of drug-likeness (QED) is 0.306. The molecule has 5 rings (SSSR count). The Balaban J connectivity index is 1.63. The summed E-state index contributed by atoms with van der Waals surface area (Å²) in [5, 5.41) is 22.6. The first-order valence-electron chi connectivity index (χ1n) is 11.9. The first kappa shape index (κ1) is 22.1. The molecule has 0 fully saturated rings. The molecule has 2 heterocycles. The van der Waals surface area contributed by atoms with Crippen LogP contribution in [-0.4, -0.2) is 30.8 Å². The van der Waals surface area contributed by atoms with Crippen LogP contribution in [0.4, 0.5) is 0 Å². The Hall–Kier alpha value is -3.74. The first-order valence-corrected chi connectivity index (χ1v) is 11.9. The van der Waals surface area contributed by atoms with Gasteiger partial charge in [0.2, 0.25) is 0 Å². The molecule has 0 unspecified atom stereocenters. The van der Waals surface area contributed by atoms with Crippen molar-refractivity contribution in [3.05, 3.63) is 69.3 Å². The van der Waals surface area contributed by atoms with Gasteiger partial charge in [0.1, 0.15) is 22.3 Å². The molecule has 3 aromatic carbocycles. The van der Waals surface area contributed by atoms with Crippen LogP contribution in [0.3, 0.4) is 0 Å². The largest absolute Gasteiger partial charge is 0.454 e. The SMILES string of the molecule is CCCCc1c(C)c(C)c(C)c(C)c1Oc1c(Cc2ccc3n[nH]nc3c2)ccc2n[nH]nc12. The summed E-state index contributed by atoms with van der Waals surface area (Å²) >= 11 is 0. The van der Waals surface area contributed by atoms with Crippen LogP contribution in [0.15, 0.2) is 30.3 Å². The van der Waals surface area contributed by atoms with Crippen molar-refractivity contribution < 1.29 is 4.74 Å². The van der Waals surface area contributed by atoms with Gasteiger partial charge in [-0.25, -0.2) is 0 Å². The molecule has 0 amide bonds. The summed E-state index contributed by atoms with van der Waals surface area (Å²) in [4.78, 5) is 0. The number of aromatic nitrogens is 6. The van der Waals surface area contributed by atoms with Crippen LogP contribution in [0.1, 0.15) is 58.7 Å². The van der Waals surface area contributed by atoms with E-state index in [1.54, 1.807) is 0 Å². The summed E-state index contributed by atoms with van der Waals surface area (Å²) in [6.45, 7) is 11.0. The van der Waals surface area contributed by atoms with Gasteiger partial charge in [-0.05, 0) is 92.1 Å². The Bertz CT molecular complexity index is 1500. The predicted molar refractivity (Wildman–Crippen MR) is 135 cm³/mol. The van der Waals surface area contributed by atoms with E-state index in [1.807, 2.05) is 12.1 Å². The van der Waals surface area contributed by atoms with Crippen LogP contribution in [0.5, 0.6) is 11.5 Å². The zero-order valence-corrected chi connectivity index (χ0v) is 20.4. The molecule has 174 valence electrons. The molecule has 0 saturated heterocycles. The number of fused-ring (bicyclic) bond motifs is 2. The third-order valence-corrected chi connectivity index (χ3v) is 7.04. The summed E-state index contributed by atoms with van der Waals surface area (Å²) in [6, 6.07) is 10.2. The van der Waals surface area contributed by atoms with E-state index in [1.165, 1.54) is 27.8 Å². The number of nitrogens with one attached hydrogen (secondary N) is 2. The number of aromatic amines is 2. The molecule has 2 aromatic heterocycles. The molecule has 0 saturated carbocycles. The van der Waals surface area contributed by atoms with Gasteiger partial charge in [-0.2, -0.15) is 30.8 Å². The van der Waals surface area contributed by atoms with E-state index in [2.05, 4.69) is 83.6 Å². The average molecular weight is 455 g/mol. The van der Waals surface area contributed by atoms with E-state index in [0.29, 0.717) is 6.42 Å². The second-order valence-electron chi connectivity index (χ2n) is 9.08. The third-order valence-electron chi connectivity index (χ3n) is 7.04. The maximum Gasteiger partial charge on any atom is 0.160 e. The van der Waals surface area contributed by atoms with Crippen molar-refractivity contribution in [3.63, 3.8) is 0 Å². The van der Waals surface area contributed by atoms with Crippen molar-refractivity contribution >= 4 is 22.1 Å².